The Bertz CT molecular complexity index is 1530. The maximum Gasteiger partial charge on any atom is 0.309 e. The number of fused-ring (bicyclic) bond motifs is 3. The molecule has 1 saturated carbocycles. The summed E-state index contributed by atoms with van der Waals surface area (Å²) in [7, 11) is 0. The van der Waals surface area contributed by atoms with Crippen molar-refractivity contribution in [2.24, 2.45) is 17.8 Å². The molecule has 2 aromatic carbocycles. The summed E-state index contributed by atoms with van der Waals surface area (Å²) in [4.78, 5) is 16.9. The first kappa shape index (κ1) is 31.9. The van der Waals surface area contributed by atoms with Crippen LogP contribution in [0.2, 0.25) is 0 Å². The van der Waals surface area contributed by atoms with Crippen molar-refractivity contribution >= 4 is 5.97 Å². The first-order valence-electron chi connectivity index (χ1n) is 15.2. The highest BCUT2D eigenvalue weighted by Crippen LogP contribution is 2.62. The van der Waals surface area contributed by atoms with E-state index in [2.05, 4.69) is 4.98 Å². The van der Waals surface area contributed by atoms with Gasteiger partial charge in [-0.25, -0.2) is 13.8 Å². The summed E-state index contributed by atoms with van der Waals surface area (Å²) < 4.78 is 47.1. The number of hydrogen-bond acceptors (Lipinski definition) is 7. The Hall–Kier alpha value is -3.56. The van der Waals surface area contributed by atoms with Gasteiger partial charge in [0.2, 0.25) is 5.88 Å². The van der Waals surface area contributed by atoms with Crippen molar-refractivity contribution in [1.29, 1.82) is 0 Å². The molecular weight excluding hydrogens is 568 g/mol. The number of nitrogens with zero attached hydrogens (tertiary/aromatic N) is 1. The van der Waals surface area contributed by atoms with E-state index in [0.29, 0.717) is 29.7 Å². The third-order valence-electron chi connectivity index (χ3n) is 8.58. The smallest absolute Gasteiger partial charge is 0.309 e. The third-order valence-corrected chi connectivity index (χ3v) is 8.58. The summed E-state index contributed by atoms with van der Waals surface area (Å²) in [6.45, 7) is 11.2. The summed E-state index contributed by atoms with van der Waals surface area (Å²) in [5, 5.41) is 20.0. The van der Waals surface area contributed by atoms with Crippen LogP contribution < -0.4 is 9.47 Å². The fraction of sp³-hybridized carbons (Fsp3) is 0.486. The van der Waals surface area contributed by atoms with Crippen molar-refractivity contribution in [2.75, 3.05) is 13.2 Å². The number of pyridine rings is 1. The number of aromatic nitrogens is 1. The van der Waals surface area contributed by atoms with Crippen LogP contribution in [0.1, 0.15) is 67.9 Å². The summed E-state index contributed by atoms with van der Waals surface area (Å²) in [5.74, 6) is -0.105. The van der Waals surface area contributed by atoms with Crippen molar-refractivity contribution in [2.45, 2.75) is 78.6 Å². The van der Waals surface area contributed by atoms with Crippen molar-refractivity contribution in [3.8, 4) is 22.8 Å². The molecule has 0 spiro atoms. The number of benzene rings is 2. The number of carbonyl (C=O) groups is 1. The van der Waals surface area contributed by atoms with Gasteiger partial charge in [0.15, 0.2) is 0 Å². The summed E-state index contributed by atoms with van der Waals surface area (Å²) in [6.07, 6.45) is 1.79. The SMILES string of the molecule is Cc1cc(OCCC(O)C(C)(C)O)cc(C)c1-c1cc(COc2cc3c(cn2)[C@H]2[C@@H](C3)[C@@H]2C(=O)OCC(C)C)c(F)cc1F. The topological polar surface area (TPSA) is 98.1 Å². The van der Waals surface area contributed by atoms with Gasteiger partial charge >= 0.3 is 5.97 Å². The number of aryl methyl sites for hydroxylation is 2. The van der Waals surface area contributed by atoms with E-state index < -0.39 is 23.3 Å². The number of carbonyl (C=O) groups excluding carboxylic acids is 1. The summed E-state index contributed by atoms with van der Waals surface area (Å²) in [5.41, 5.74) is 3.43. The molecule has 2 aliphatic carbocycles. The number of hydrogen-bond donors (Lipinski definition) is 2. The molecule has 1 unspecified atom stereocenters. The Morgan fingerprint density at radius 1 is 1.07 bits per heavy atom. The van der Waals surface area contributed by atoms with Gasteiger partial charge in [0.1, 0.15) is 24.0 Å². The molecule has 3 aromatic rings. The molecule has 0 amide bonds. The molecule has 1 aromatic heterocycles. The minimum absolute atomic E-state index is 0.110. The minimum Gasteiger partial charge on any atom is -0.493 e. The van der Waals surface area contributed by atoms with Crippen molar-refractivity contribution in [1.82, 2.24) is 4.98 Å². The van der Waals surface area contributed by atoms with Crippen LogP contribution in [0.3, 0.4) is 0 Å². The normalized spacial score (nSPS) is 19.4. The molecule has 2 aliphatic rings. The zero-order valence-corrected chi connectivity index (χ0v) is 26.1. The van der Waals surface area contributed by atoms with Crippen molar-refractivity contribution in [3.63, 3.8) is 0 Å². The molecule has 9 heteroatoms. The molecule has 1 fully saturated rings. The van der Waals surface area contributed by atoms with Gasteiger partial charge in [-0.1, -0.05) is 13.8 Å². The third kappa shape index (κ3) is 6.74. The Labute approximate surface area is 257 Å². The number of esters is 1. The molecule has 0 saturated heterocycles. The summed E-state index contributed by atoms with van der Waals surface area (Å²) >= 11 is 0. The van der Waals surface area contributed by atoms with E-state index in [1.54, 1.807) is 18.3 Å². The van der Waals surface area contributed by atoms with E-state index >= 15 is 4.39 Å². The van der Waals surface area contributed by atoms with Crippen LogP contribution in [0.4, 0.5) is 8.78 Å². The number of aliphatic hydroxyl groups excluding tert-OH is 1. The predicted molar refractivity (Wildman–Crippen MR) is 161 cm³/mol. The average Bonchev–Trinajstić information content (AvgIpc) is 3.52. The molecule has 4 atom stereocenters. The van der Waals surface area contributed by atoms with Gasteiger partial charge in [0.05, 0.1) is 30.8 Å². The highest BCUT2D eigenvalue weighted by atomic mass is 19.1. The average molecular weight is 610 g/mol. The minimum atomic E-state index is -1.23. The fourth-order valence-electron chi connectivity index (χ4n) is 6.14. The predicted octanol–water partition coefficient (Wildman–Crippen LogP) is 6.21. The van der Waals surface area contributed by atoms with Gasteiger partial charge in [-0.05, 0) is 92.0 Å². The van der Waals surface area contributed by atoms with E-state index in [-0.39, 0.29) is 54.5 Å². The second-order valence-electron chi connectivity index (χ2n) is 13.1. The maximum absolute atomic E-state index is 15.1. The second-order valence-corrected chi connectivity index (χ2v) is 13.1. The van der Waals surface area contributed by atoms with E-state index in [9.17, 15) is 19.4 Å². The van der Waals surface area contributed by atoms with Crippen LogP contribution in [0.25, 0.3) is 11.1 Å². The molecule has 0 aliphatic heterocycles. The van der Waals surface area contributed by atoms with Crippen LogP contribution in [0.5, 0.6) is 11.6 Å². The molecule has 5 rings (SSSR count). The first-order chi connectivity index (χ1) is 20.7. The molecule has 7 nitrogen and oxygen atoms in total. The Morgan fingerprint density at radius 2 is 1.77 bits per heavy atom. The molecule has 1 heterocycles. The van der Waals surface area contributed by atoms with Crippen LogP contribution >= 0.6 is 0 Å². The molecule has 2 N–H and O–H groups in total. The lowest BCUT2D eigenvalue weighted by Gasteiger charge is -2.24. The number of aliphatic hydroxyl groups is 2. The lowest BCUT2D eigenvalue weighted by atomic mass is 9.93. The number of halogens is 2. The van der Waals surface area contributed by atoms with E-state index in [4.69, 9.17) is 14.2 Å². The van der Waals surface area contributed by atoms with Gasteiger partial charge in [0.25, 0.3) is 0 Å². The van der Waals surface area contributed by atoms with Crippen LogP contribution in [-0.4, -0.2) is 46.1 Å². The van der Waals surface area contributed by atoms with Gasteiger partial charge < -0.3 is 24.4 Å². The molecule has 0 bridgehead atoms. The lowest BCUT2D eigenvalue weighted by molar-refractivity contribution is -0.146. The Kier molecular flexibility index (Phi) is 9.01. The number of rotatable bonds is 12. The highest BCUT2D eigenvalue weighted by Gasteiger charge is 2.60. The molecular formula is C35H41F2NO6. The van der Waals surface area contributed by atoms with Crippen molar-refractivity contribution < 1.29 is 38.0 Å². The standard InChI is InChI=1S/C35H41F2NO6/c1-18(2)16-44-34(40)33-25-11-21-13-30(38-15-26(21)32(25)33)43-17-22-12-24(28(37)14-27(22)36)31-19(3)9-23(10-20(31)4)42-8-7-29(39)35(5,6)41/h9-10,12-15,18,25,29,32-33,39,41H,7-8,11,16-17H2,1-6H3/t25-,29?,32-,33+/m1/s1. The van der Waals surface area contributed by atoms with E-state index in [0.717, 1.165) is 34.7 Å². The quantitative estimate of drug-likeness (QED) is 0.236. The van der Waals surface area contributed by atoms with Gasteiger partial charge in [-0.2, -0.15) is 0 Å². The second kappa shape index (κ2) is 12.4. The van der Waals surface area contributed by atoms with Crippen molar-refractivity contribution in [3.05, 3.63) is 76.0 Å². The van der Waals surface area contributed by atoms with Gasteiger partial charge in [-0.15, -0.1) is 0 Å². The van der Waals surface area contributed by atoms with E-state index in [1.807, 2.05) is 33.8 Å². The van der Waals surface area contributed by atoms with Gasteiger partial charge in [-0.3, -0.25) is 4.79 Å². The zero-order chi connectivity index (χ0) is 31.9. The highest BCUT2D eigenvalue weighted by molar-refractivity contribution is 5.79. The summed E-state index contributed by atoms with van der Waals surface area (Å²) in [6, 6.07) is 7.72. The molecule has 236 valence electrons. The largest absolute Gasteiger partial charge is 0.493 e. The van der Waals surface area contributed by atoms with Crippen LogP contribution in [-0.2, 0) is 22.6 Å². The molecule has 44 heavy (non-hydrogen) atoms. The molecule has 0 radical (unpaired) electrons. The fourth-order valence-corrected chi connectivity index (χ4v) is 6.14. The van der Waals surface area contributed by atoms with Gasteiger partial charge in [0, 0.05) is 41.8 Å². The lowest BCUT2D eigenvalue weighted by Crippen LogP contribution is -2.36. The number of ether oxygens (including phenoxy) is 3. The maximum atomic E-state index is 15.1. The Balaban J connectivity index is 1.25. The monoisotopic (exact) mass is 609 g/mol. The van der Waals surface area contributed by atoms with E-state index in [1.165, 1.54) is 19.9 Å². The van der Waals surface area contributed by atoms with Crippen LogP contribution in [0, 0.1) is 43.2 Å². The zero-order valence-electron chi connectivity index (χ0n) is 26.1. The van der Waals surface area contributed by atoms with Crippen LogP contribution in [0.15, 0.2) is 36.5 Å². The first-order valence-corrected chi connectivity index (χ1v) is 15.2. The Morgan fingerprint density at radius 3 is 2.43 bits per heavy atom.